The van der Waals surface area contributed by atoms with Gasteiger partial charge in [-0.2, -0.15) is 0 Å². The van der Waals surface area contributed by atoms with Gasteiger partial charge in [0, 0.05) is 58.7 Å². The van der Waals surface area contributed by atoms with Crippen molar-refractivity contribution in [2.75, 3.05) is 44.5 Å². The summed E-state index contributed by atoms with van der Waals surface area (Å²) in [5.74, 6) is 0.582. The van der Waals surface area contributed by atoms with Crippen LogP contribution >= 0.6 is 0 Å². The summed E-state index contributed by atoms with van der Waals surface area (Å²) in [6, 6.07) is 17.2. The van der Waals surface area contributed by atoms with E-state index < -0.39 is 14.1 Å². The number of carbonyl (C=O) groups excluding carboxylic acids is 2. The minimum absolute atomic E-state index is 0.0179. The highest BCUT2D eigenvalue weighted by Crippen LogP contribution is 2.33. The van der Waals surface area contributed by atoms with Crippen LogP contribution in [0, 0.1) is 5.92 Å². The van der Waals surface area contributed by atoms with E-state index in [9.17, 15) is 9.59 Å². The van der Waals surface area contributed by atoms with Crippen molar-refractivity contribution >= 4 is 25.6 Å². The zero-order valence-corrected chi connectivity index (χ0v) is 25.4. The van der Waals surface area contributed by atoms with E-state index in [4.69, 9.17) is 9.47 Å². The molecule has 0 N–H and O–H groups in total. The first-order valence-electron chi connectivity index (χ1n) is 15.0. The number of hydrogen-bond donors (Lipinski definition) is 0. The highest BCUT2D eigenvalue weighted by atomic mass is 28.3. The second kappa shape index (κ2) is 12.9. The fourth-order valence-corrected chi connectivity index (χ4v) is 6.70. The molecule has 40 heavy (non-hydrogen) atoms. The average Bonchev–Trinajstić information content (AvgIpc) is 3.27. The van der Waals surface area contributed by atoms with Crippen molar-refractivity contribution in [3.05, 3.63) is 65.2 Å². The molecule has 1 unspecified atom stereocenters. The Morgan fingerprint density at radius 1 is 0.925 bits per heavy atom. The Kier molecular flexibility index (Phi) is 9.28. The molecule has 2 amide bonds. The molecule has 7 nitrogen and oxygen atoms in total. The van der Waals surface area contributed by atoms with Crippen LogP contribution in [0.15, 0.2) is 48.5 Å². The Morgan fingerprint density at radius 3 is 2.45 bits per heavy atom. The summed E-state index contributed by atoms with van der Waals surface area (Å²) in [4.78, 5) is 32.7. The highest BCUT2D eigenvalue weighted by molar-refractivity contribution is 6.76. The van der Waals surface area contributed by atoms with Crippen molar-refractivity contribution in [3.63, 3.8) is 0 Å². The molecule has 8 heteroatoms. The third-order valence-corrected chi connectivity index (χ3v) is 10.2. The molecule has 3 aliphatic rings. The monoisotopic (exact) mass is 563 g/mol. The lowest BCUT2D eigenvalue weighted by Gasteiger charge is -2.36. The Morgan fingerprint density at radius 2 is 1.70 bits per heavy atom. The van der Waals surface area contributed by atoms with Crippen LogP contribution in [0.3, 0.4) is 0 Å². The first-order chi connectivity index (χ1) is 19.3. The van der Waals surface area contributed by atoms with E-state index in [1.165, 1.54) is 11.3 Å². The van der Waals surface area contributed by atoms with Crippen LogP contribution in [0.4, 0.5) is 5.69 Å². The molecule has 3 heterocycles. The van der Waals surface area contributed by atoms with Gasteiger partial charge in [0.2, 0.25) is 5.91 Å². The largest absolute Gasteiger partial charge is 0.376 e. The Balaban J connectivity index is 1.12. The third-order valence-electron chi connectivity index (χ3n) is 8.49. The minimum atomic E-state index is -1.17. The molecule has 2 fully saturated rings. The van der Waals surface area contributed by atoms with Gasteiger partial charge in [0.05, 0.1) is 6.61 Å². The van der Waals surface area contributed by atoms with Gasteiger partial charge in [-0.15, -0.1) is 0 Å². The lowest BCUT2D eigenvalue weighted by atomic mass is 9.97. The predicted molar refractivity (Wildman–Crippen MR) is 161 cm³/mol. The van der Waals surface area contributed by atoms with Gasteiger partial charge in [-0.1, -0.05) is 50.0 Å². The van der Waals surface area contributed by atoms with Crippen molar-refractivity contribution in [1.29, 1.82) is 0 Å². The van der Waals surface area contributed by atoms with Gasteiger partial charge >= 0.3 is 0 Å². The summed E-state index contributed by atoms with van der Waals surface area (Å²) >= 11 is 0. The van der Waals surface area contributed by atoms with Crippen LogP contribution < -0.4 is 4.90 Å². The van der Waals surface area contributed by atoms with E-state index in [-0.39, 0.29) is 11.8 Å². The summed E-state index contributed by atoms with van der Waals surface area (Å²) in [6.45, 7) is 12.7. The minimum Gasteiger partial charge on any atom is -0.376 e. The maximum absolute atomic E-state index is 13.4. The topological polar surface area (TPSA) is 62.3 Å². The van der Waals surface area contributed by atoms with E-state index in [1.807, 2.05) is 24.3 Å². The van der Waals surface area contributed by atoms with Gasteiger partial charge in [-0.05, 0) is 67.0 Å². The molecular weight excluding hydrogens is 518 g/mol. The first kappa shape index (κ1) is 28.8. The van der Waals surface area contributed by atoms with Crippen LogP contribution in [0.25, 0.3) is 0 Å². The summed E-state index contributed by atoms with van der Waals surface area (Å²) in [7, 11) is -1.17. The van der Waals surface area contributed by atoms with Crippen molar-refractivity contribution in [1.82, 2.24) is 9.80 Å². The van der Waals surface area contributed by atoms with Gasteiger partial charge in [-0.3, -0.25) is 9.59 Å². The summed E-state index contributed by atoms with van der Waals surface area (Å²) < 4.78 is 11.9. The summed E-state index contributed by atoms with van der Waals surface area (Å²) in [6.07, 6.45) is 3.81. The lowest BCUT2D eigenvalue weighted by molar-refractivity contribution is -0.145. The molecule has 0 bridgehead atoms. The number of fused-ring (bicyclic) bond motifs is 1. The number of carbonyl (C=O) groups is 2. The first-order valence-corrected chi connectivity index (χ1v) is 18.7. The number of likely N-dealkylation sites (tertiary alicyclic amines) is 1. The average molecular weight is 564 g/mol. The number of ether oxygens (including phenoxy) is 2. The van der Waals surface area contributed by atoms with Crippen LogP contribution in [0.5, 0.6) is 0 Å². The zero-order chi connectivity index (χ0) is 28.1. The maximum Gasteiger partial charge on any atom is 0.255 e. The normalized spacial score (nSPS) is 20.4. The molecule has 2 aromatic rings. The van der Waals surface area contributed by atoms with Crippen molar-refractivity contribution in [3.8, 4) is 0 Å². The molecule has 0 saturated carbocycles. The molecule has 1 atom stereocenters. The number of anilines is 1. The maximum atomic E-state index is 13.4. The van der Waals surface area contributed by atoms with Crippen molar-refractivity contribution in [2.45, 2.75) is 70.6 Å². The van der Waals surface area contributed by atoms with Crippen LogP contribution in [0.2, 0.25) is 25.7 Å². The number of piperidine rings is 2. The van der Waals surface area contributed by atoms with Gasteiger partial charge in [0.15, 0.2) is 0 Å². The molecule has 0 aliphatic carbocycles. The fraction of sp³-hybridized carbons (Fsp3) is 0.562. The fourth-order valence-electron chi connectivity index (χ4n) is 5.94. The second-order valence-corrected chi connectivity index (χ2v) is 18.4. The molecule has 0 spiro atoms. The van der Waals surface area contributed by atoms with Crippen molar-refractivity contribution < 1.29 is 19.1 Å². The number of benzene rings is 2. The molecule has 0 radical (unpaired) electrons. The standard InChI is InChI=1S/C32H45N3O4Si/c1-40(2,3)19-18-38-24-34-15-7-10-30(32(34)37)35-21-27-20-28(11-12-29(27)31(35)36)33-16-13-26(14-17-33)23-39-22-25-8-5-4-6-9-25/h4-6,8-9,11-12,20,26,30H,7,10,13-19,21-24H2,1-3H3. The highest BCUT2D eigenvalue weighted by Gasteiger charge is 2.40. The molecular formula is C32H45N3O4Si. The second-order valence-electron chi connectivity index (χ2n) is 12.8. The number of rotatable bonds is 11. The predicted octanol–water partition coefficient (Wildman–Crippen LogP) is 5.38. The van der Waals surface area contributed by atoms with Gasteiger partial charge in [-0.25, -0.2) is 0 Å². The van der Waals surface area contributed by atoms with Gasteiger partial charge < -0.3 is 24.2 Å². The van der Waals surface area contributed by atoms with Gasteiger partial charge in [0.25, 0.3) is 5.91 Å². The number of amides is 2. The van der Waals surface area contributed by atoms with E-state index in [0.717, 1.165) is 62.6 Å². The Labute approximate surface area is 240 Å². The molecule has 3 aliphatic heterocycles. The molecule has 2 aromatic carbocycles. The SMILES string of the molecule is C[Si](C)(C)CCOCN1CCCC(N2Cc3cc(N4CCC(COCc5ccccc5)CC4)ccc3C2=O)C1=O. The Bertz CT molecular complexity index is 1160. The number of hydrogen-bond acceptors (Lipinski definition) is 5. The molecule has 2 saturated heterocycles. The van der Waals surface area contributed by atoms with Gasteiger partial charge in [0.1, 0.15) is 12.8 Å². The van der Waals surface area contributed by atoms with Crippen LogP contribution in [0.1, 0.15) is 47.2 Å². The quantitative estimate of drug-likeness (QED) is 0.271. The lowest BCUT2D eigenvalue weighted by Crippen LogP contribution is -2.53. The Hall–Kier alpha value is -2.68. The third kappa shape index (κ3) is 7.14. The van der Waals surface area contributed by atoms with Crippen LogP contribution in [-0.4, -0.2) is 75.3 Å². The molecule has 216 valence electrons. The molecule has 0 aromatic heterocycles. The van der Waals surface area contributed by atoms with E-state index >= 15 is 0 Å². The van der Waals surface area contributed by atoms with E-state index in [0.29, 0.717) is 39.0 Å². The summed E-state index contributed by atoms with van der Waals surface area (Å²) in [5.41, 5.74) is 4.16. The number of nitrogens with zero attached hydrogens (tertiary/aromatic N) is 3. The smallest absolute Gasteiger partial charge is 0.255 e. The van der Waals surface area contributed by atoms with Crippen molar-refractivity contribution in [2.24, 2.45) is 5.92 Å². The molecule has 5 rings (SSSR count). The van der Waals surface area contributed by atoms with E-state index in [1.54, 1.807) is 9.80 Å². The van der Waals surface area contributed by atoms with Crippen LogP contribution in [-0.2, 0) is 27.4 Å². The van der Waals surface area contributed by atoms with E-state index in [2.05, 4.69) is 48.8 Å². The summed E-state index contributed by atoms with van der Waals surface area (Å²) in [5, 5.41) is 0. The zero-order valence-electron chi connectivity index (χ0n) is 24.4.